The first kappa shape index (κ1) is 16.2. The van der Waals surface area contributed by atoms with E-state index in [1.54, 1.807) is 0 Å². The highest BCUT2D eigenvalue weighted by molar-refractivity contribution is 6.31. The van der Waals surface area contributed by atoms with Crippen molar-refractivity contribution < 1.29 is 4.74 Å². The van der Waals surface area contributed by atoms with E-state index in [1.165, 1.54) is 44.9 Å². The Morgan fingerprint density at radius 2 is 1.91 bits per heavy atom. The van der Waals surface area contributed by atoms with Crippen molar-refractivity contribution in [2.24, 2.45) is 5.92 Å². The molecule has 1 saturated heterocycles. The predicted octanol–water partition coefficient (Wildman–Crippen LogP) is 4.17. The number of aromatic nitrogens is 1. The van der Waals surface area contributed by atoms with Crippen molar-refractivity contribution in [2.45, 2.75) is 56.9 Å². The molecule has 0 atom stereocenters. The van der Waals surface area contributed by atoms with Gasteiger partial charge in [0.05, 0.1) is 10.7 Å². The number of rotatable bonds is 5. The largest absolute Gasteiger partial charge is 0.381 e. The molecule has 1 aliphatic carbocycles. The first-order valence-corrected chi connectivity index (χ1v) is 9.12. The Labute approximate surface area is 138 Å². The lowest BCUT2D eigenvalue weighted by atomic mass is 9.79. The normalized spacial score (nSPS) is 27.0. The molecule has 3 rings (SSSR count). The number of ether oxygens (including phenoxy) is 1. The molecule has 22 heavy (non-hydrogen) atoms. The van der Waals surface area contributed by atoms with Gasteiger partial charge in [0.25, 0.3) is 0 Å². The SMILES string of the molecule is Clc1cccnc1[C@H]1CC[C@H](CCNC2CCOCC2)CC1. The summed E-state index contributed by atoms with van der Waals surface area (Å²) >= 11 is 6.28. The Balaban J connectivity index is 1.37. The maximum absolute atomic E-state index is 6.28. The van der Waals surface area contributed by atoms with Crippen molar-refractivity contribution in [2.75, 3.05) is 19.8 Å². The summed E-state index contributed by atoms with van der Waals surface area (Å²) in [6.07, 6.45) is 10.6. The zero-order valence-corrected chi connectivity index (χ0v) is 14.0. The van der Waals surface area contributed by atoms with Crippen molar-refractivity contribution in [1.82, 2.24) is 10.3 Å². The number of nitrogens with one attached hydrogen (secondary N) is 1. The Bertz CT molecular complexity index is 454. The molecule has 0 aromatic carbocycles. The van der Waals surface area contributed by atoms with Crippen LogP contribution in [0.5, 0.6) is 0 Å². The van der Waals surface area contributed by atoms with Crippen LogP contribution in [0.15, 0.2) is 18.3 Å². The first-order chi connectivity index (χ1) is 10.8. The van der Waals surface area contributed by atoms with Crippen molar-refractivity contribution in [1.29, 1.82) is 0 Å². The summed E-state index contributed by atoms with van der Waals surface area (Å²) in [5, 5.41) is 4.55. The molecule has 1 aromatic rings. The molecular formula is C18H27ClN2O. The quantitative estimate of drug-likeness (QED) is 0.883. The Kier molecular flexibility index (Phi) is 6.11. The zero-order chi connectivity index (χ0) is 15.2. The summed E-state index contributed by atoms with van der Waals surface area (Å²) in [7, 11) is 0. The molecule has 1 N–H and O–H groups in total. The second-order valence-corrected chi connectivity index (χ2v) is 7.12. The van der Waals surface area contributed by atoms with Crippen LogP contribution in [0, 0.1) is 5.92 Å². The number of nitrogens with zero attached hydrogens (tertiary/aromatic N) is 1. The number of hydrogen-bond acceptors (Lipinski definition) is 3. The molecule has 0 radical (unpaired) electrons. The maximum Gasteiger partial charge on any atom is 0.0624 e. The third-order valence-electron chi connectivity index (χ3n) is 5.23. The van der Waals surface area contributed by atoms with Crippen molar-refractivity contribution >= 4 is 11.6 Å². The third kappa shape index (κ3) is 4.43. The van der Waals surface area contributed by atoms with E-state index in [4.69, 9.17) is 16.3 Å². The highest BCUT2D eigenvalue weighted by Gasteiger charge is 2.24. The summed E-state index contributed by atoms with van der Waals surface area (Å²) in [6.45, 7) is 3.01. The maximum atomic E-state index is 6.28. The third-order valence-corrected chi connectivity index (χ3v) is 5.55. The average molecular weight is 323 g/mol. The van der Waals surface area contributed by atoms with Gasteiger partial charge in [-0.15, -0.1) is 0 Å². The first-order valence-electron chi connectivity index (χ1n) is 8.74. The summed E-state index contributed by atoms with van der Waals surface area (Å²) in [5.74, 6) is 1.43. The van der Waals surface area contributed by atoms with Gasteiger partial charge < -0.3 is 10.1 Å². The second kappa shape index (κ2) is 8.28. The van der Waals surface area contributed by atoms with Crippen molar-refractivity contribution in [3.63, 3.8) is 0 Å². The number of hydrogen-bond donors (Lipinski definition) is 1. The van der Waals surface area contributed by atoms with Crippen LogP contribution in [0.25, 0.3) is 0 Å². The van der Waals surface area contributed by atoms with E-state index in [2.05, 4.69) is 10.3 Å². The smallest absolute Gasteiger partial charge is 0.0624 e. The van der Waals surface area contributed by atoms with Gasteiger partial charge in [0.15, 0.2) is 0 Å². The highest BCUT2D eigenvalue weighted by Crippen LogP contribution is 2.38. The molecule has 0 unspecified atom stereocenters. The average Bonchev–Trinajstić information content (AvgIpc) is 2.57. The molecular weight excluding hydrogens is 296 g/mol. The highest BCUT2D eigenvalue weighted by atomic mass is 35.5. The van der Waals surface area contributed by atoms with Gasteiger partial charge in [0.2, 0.25) is 0 Å². The lowest BCUT2D eigenvalue weighted by Crippen LogP contribution is -2.36. The minimum Gasteiger partial charge on any atom is -0.381 e. The van der Waals surface area contributed by atoms with Crippen LogP contribution >= 0.6 is 11.6 Å². The van der Waals surface area contributed by atoms with Crippen molar-refractivity contribution in [3.8, 4) is 0 Å². The van der Waals surface area contributed by atoms with E-state index in [0.717, 1.165) is 36.4 Å². The fourth-order valence-corrected chi connectivity index (χ4v) is 4.09. The van der Waals surface area contributed by atoms with Gasteiger partial charge in [0.1, 0.15) is 0 Å². The van der Waals surface area contributed by atoms with Gasteiger partial charge in [-0.05, 0) is 69.5 Å². The van der Waals surface area contributed by atoms with Crippen molar-refractivity contribution in [3.05, 3.63) is 29.0 Å². The molecule has 0 amide bonds. The van der Waals surface area contributed by atoms with E-state index >= 15 is 0 Å². The van der Waals surface area contributed by atoms with E-state index in [9.17, 15) is 0 Å². The lowest BCUT2D eigenvalue weighted by Gasteiger charge is -2.29. The monoisotopic (exact) mass is 322 g/mol. The van der Waals surface area contributed by atoms with Crippen LogP contribution in [0.4, 0.5) is 0 Å². The van der Waals surface area contributed by atoms with E-state index in [-0.39, 0.29) is 0 Å². The molecule has 4 heteroatoms. The second-order valence-electron chi connectivity index (χ2n) is 6.72. The Morgan fingerprint density at radius 1 is 1.14 bits per heavy atom. The molecule has 1 aromatic heterocycles. The summed E-state index contributed by atoms with van der Waals surface area (Å²) in [5.41, 5.74) is 1.11. The minimum absolute atomic E-state index is 0.563. The molecule has 0 bridgehead atoms. The van der Waals surface area contributed by atoms with Crippen LogP contribution in [-0.4, -0.2) is 30.8 Å². The van der Waals surface area contributed by atoms with Gasteiger partial charge in [-0.2, -0.15) is 0 Å². The number of pyridine rings is 1. The summed E-state index contributed by atoms with van der Waals surface area (Å²) in [6, 6.07) is 4.56. The summed E-state index contributed by atoms with van der Waals surface area (Å²) < 4.78 is 5.40. The van der Waals surface area contributed by atoms with Gasteiger partial charge in [-0.3, -0.25) is 4.98 Å². The fraction of sp³-hybridized carbons (Fsp3) is 0.722. The van der Waals surface area contributed by atoms with E-state index < -0.39 is 0 Å². The van der Waals surface area contributed by atoms with Crippen LogP contribution in [0.1, 0.15) is 56.6 Å². The standard InChI is InChI=1S/C18H27ClN2O/c19-17-2-1-10-21-18(17)15-5-3-14(4-6-15)7-11-20-16-8-12-22-13-9-16/h1-2,10,14-16,20H,3-9,11-13H2/t14-,15-. The van der Waals surface area contributed by atoms with Gasteiger partial charge in [0, 0.05) is 31.4 Å². The molecule has 122 valence electrons. The molecule has 2 heterocycles. The topological polar surface area (TPSA) is 34.2 Å². The molecule has 2 fully saturated rings. The molecule has 1 saturated carbocycles. The predicted molar refractivity (Wildman–Crippen MR) is 90.4 cm³/mol. The molecule has 3 nitrogen and oxygen atoms in total. The molecule has 0 spiro atoms. The zero-order valence-electron chi connectivity index (χ0n) is 13.3. The minimum atomic E-state index is 0.563. The van der Waals surface area contributed by atoms with E-state index in [1.807, 2.05) is 18.3 Å². The number of halogens is 1. The van der Waals surface area contributed by atoms with Gasteiger partial charge >= 0.3 is 0 Å². The van der Waals surface area contributed by atoms with Crippen LogP contribution in [0.3, 0.4) is 0 Å². The lowest BCUT2D eigenvalue weighted by molar-refractivity contribution is 0.0775. The van der Waals surface area contributed by atoms with Crippen LogP contribution in [0.2, 0.25) is 5.02 Å². The fourth-order valence-electron chi connectivity index (χ4n) is 3.82. The summed E-state index contributed by atoms with van der Waals surface area (Å²) in [4.78, 5) is 4.49. The molecule has 1 aliphatic heterocycles. The molecule has 2 aliphatic rings. The van der Waals surface area contributed by atoms with Crippen LogP contribution in [-0.2, 0) is 4.74 Å². The van der Waals surface area contributed by atoms with Gasteiger partial charge in [-0.1, -0.05) is 11.6 Å². The van der Waals surface area contributed by atoms with Gasteiger partial charge in [-0.25, -0.2) is 0 Å². The Morgan fingerprint density at radius 3 is 2.64 bits per heavy atom. The Hall–Kier alpha value is -0.640. The van der Waals surface area contributed by atoms with E-state index in [0.29, 0.717) is 12.0 Å². The van der Waals surface area contributed by atoms with Crippen LogP contribution < -0.4 is 5.32 Å².